The normalized spacial score (nSPS) is 8.36. The Morgan fingerprint density at radius 3 is 2.91 bits per heavy atom. The quantitative estimate of drug-likeness (QED) is 0.399. The van der Waals surface area contributed by atoms with Crippen molar-refractivity contribution in [3.8, 4) is 5.75 Å². The Hall–Kier alpha value is -1.02. The summed E-state index contributed by atoms with van der Waals surface area (Å²) in [4.78, 5) is 0. The molecule has 0 spiro atoms. The van der Waals surface area contributed by atoms with Crippen molar-refractivity contribution < 1.29 is 22.1 Å². The highest BCUT2D eigenvalue weighted by molar-refractivity contribution is 5.09. The second kappa shape index (κ2) is 4.74. The summed E-state index contributed by atoms with van der Waals surface area (Å²) in [6.45, 7) is 4.31. The molecule has 1 rings (SSSR count). The Morgan fingerprint density at radius 1 is 1.64 bits per heavy atom. The third kappa shape index (κ3) is 3.05. The molecular formula is C8H10ClNO. The van der Waals surface area contributed by atoms with Crippen molar-refractivity contribution in [1.82, 2.24) is 0 Å². The van der Waals surface area contributed by atoms with Crippen LogP contribution >= 0.6 is 0 Å². The molecule has 0 saturated carbocycles. The molecule has 0 radical (unpaired) electrons. The Balaban J connectivity index is 0.000001000. The molecule has 0 bridgehead atoms. The van der Waals surface area contributed by atoms with Gasteiger partial charge in [0.25, 0.3) is 0 Å². The zero-order valence-electron chi connectivity index (χ0n) is 6.07. The molecule has 0 atom stereocenters. The molecule has 60 valence electrons. The minimum Gasteiger partial charge on any atom is -1.00 e. The van der Waals surface area contributed by atoms with Crippen LogP contribution in [0.2, 0.25) is 0 Å². The van der Waals surface area contributed by atoms with Crippen LogP contribution in [0, 0.1) is 0 Å². The Labute approximate surface area is 72.2 Å². The molecule has 1 aromatic heterocycles. The zero-order chi connectivity index (χ0) is 7.40. The second-order valence-corrected chi connectivity index (χ2v) is 2.05. The Kier molecular flexibility index (Phi) is 4.30. The van der Waals surface area contributed by atoms with Crippen molar-refractivity contribution >= 4 is 0 Å². The van der Waals surface area contributed by atoms with Crippen LogP contribution in [-0.4, -0.2) is 5.11 Å². The van der Waals surface area contributed by atoms with Crippen LogP contribution in [0.5, 0.6) is 5.75 Å². The van der Waals surface area contributed by atoms with Gasteiger partial charge in [-0.2, -0.15) is 4.57 Å². The summed E-state index contributed by atoms with van der Waals surface area (Å²) in [6.07, 6.45) is 5.31. The molecule has 0 aliphatic rings. The first-order chi connectivity index (χ1) is 4.83. The Bertz CT molecular complexity index is 237. The van der Waals surface area contributed by atoms with E-state index < -0.39 is 0 Å². The highest BCUT2D eigenvalue weighted by Gasteiger charge is 1.95. The number of aromatic hydroxyl groups is 1. The van der Waals surface area contributed by atoms with E-state index in [1.165, 1.54) is 0 Å². The molecule has 0 aliphatic carbocycles. The van der Waals surface area contributed by atoms with Gasteiger partial charge in [-0.3, -0.25) is 0 Å². The summed E-state index contributed by atoms with van der Waals surface area (Å²) in [5.74, 6) is 0.282. The monoisotopic (exact) mass is 171 g/mol. The SMILES string of the molecule is C=CC[n+]1cccc(O)c1.[Cl-]. The molecule has 1 N–H and O–H groups in total. The van der Waals surface area contributed by atoms with Crippen molar-refractivity contribution in [1.29, 1.82) is 0 Å². The highest BCUT2D eigenvalue weighted by atomic mass is 35.5. The fourth-order valence-electron chi connectivity index (χ4n) is 0.771. The zero-order valence-corrected chi connectivity index (χ0v) is 6.83. The lowest BCUT2D eigenvalue weighted by molar-refractivity contribution is -0.687. The van der Waals surface area contributed by atoms with Crippen LogP contribution in [0.1, 0.15) is 0 Å². The van der Waals surface area contributed by atoms with Crippen molar-refractivity contribution in [2.24, 2.45) is 0 Å². The van der Waals surface area contributed by atoms with Crippen LogP contribution in [-0.2, 0) is 6.54 Å². The third-order valence-corrected chi connectivity index (χ3v) is 1.18. The summed E-state index contributed by atoms with van der Waals surface area (Å²) in [5, 5.41) is 8.98. The van der Waals surface area contributed by atoms with E-state index in [4.69, 9.17) is 5.11 Å². The van der Waals surface area contributed by atoms with Gasteiger partial charge in [0.1, 0.15) is 0 Å². The average molecular weight is 172 g/mol. The summed E-state index contributed by atoms with van der Waals surface area (Å²) >= 11 is 0. The topological polar surface area (TPSA) is 24.1 Å². The molecule has 0 fully saturated rings. The standard InChI is InChI=1S/C8H9NO.ClH/c1-2-5-9-6-3-4-8(10)7-9;/h2-4,6-7H,1,5H2;1H. The van der Waals surface area contributed by atoms with Gasteiger partial charge in [-0.15, -0.1) is 0 Å². The van der Waals surface area contributed by atoms with Gasteiger partial charge < -0.3 is 17.5 Å². The maximum absolute atomic E-state index is 8.98. The lowest BCUT2D eigenvalue weighted by Gasteiger charge is -1.90. The van der Waals surface area contributed by atoms with Crippen molar-refractivity contribution in [3.63, 3.8) is 0 Å². The van der Waals surface area contributed by atoms with Crippen molar-refractivity contribution in [3.05, 3.63) is 37.2 Å². The van der Waals surface area contributed by atoms with E-state index >= 15 is 0 Å². The van der Waals surface area contributed by atoms with Crippen LogP contribution in [0.15, 0.2) is 37.2 Å². The molecule has 1 aromatic rings. The van der Waals surface area contributed by atoms with E-state index in [0.717, 1.165) is 6.54 Å². The van der Waals surface area contributed by atoms with Gasteiger partial charge in [-0.05, 0) is 12.1 Å². The van der Waals surface area contributed by atoms with E-state index in [1.807, 2.05) is 10.8 Å². The van der Waals surface area contributed by atoms with Gasteiger partial charge in [0.15, 0.2) is 18.5 Å². The number of allylic oxidation sites excluding steroid dienone is 1. The van der Waals surface area contributed by atoms with Crippen molar-refractivity contribution in [2.75, 3.05) is 0 Å². The maximum atomic E-state index is 8.98. The van der Waals surface area contributed by atoms with E-state index in [-0.39, 0.29) is 18.2 Å². The van der Waals surface area contributed by atoms with Crippen LogP contribution in [0.4, 0.5) is 0 Å². The van der Waals surface area contributed by atoms with Crippen LogP contribution in [0.25, 0.3) is 0 Å². The molecular weight excluding hydrogens is 162 g/mol. The first kappa shape index (κ1) is 9.98. The van der Waals surface area contributed by atoms with Crippen LogP contribution < -0.4 is 17.0 Å². The van der Waals surface area contributed by atoms with Gasteiger partial charge in [0, 0.05) is 6.07 Å². The fourth-order valence-corrected chi connectivity index (χ4v) is 0.771. The summed E-state index contributed by atoms with van der Waals surface area (Å²) in [6, 6.07) is 3.43. The first-order valence-electron chi connectivity index (χ1n) is 3.12. The van der Waals surface area contributed by atoms with Gasteiger partial charge in [-0.1, -0.05) is 6.58 Å². The minimum atomic E-state index is 0. The number of hydrogen-bond acceptors (Lipinski definition) is 1. The number of rotatable bonds is 2. The molecule has 0 amide bonds. The molecule has 3 heteroatoms. The van der Waals surface area contributed by atoms with Crippen molar-refractivity contribution in [2.45, 2.75) is 6.54 Å². The summed E-state index contributed by atoms with van der Waals surface area (Å²) in [7, 11) is 0. The predicted molar refractivity (Wildman–Crippen MR) is 38.5 cm³/mol. The van der Waals surface area contributed by atoms with E-state index in [2.05, 4.69) is 6.58 Å². The minimum absolute atomic E-state index is 0. The van der Waals surface area contributed by atoms with E-state index in [1.54, 1.807) is 24.4 Å². The first-order valence-corrected chi connectivity index (χ1v) is 3.12. The number of nitrogens with zero attached hydrogens (tertiary/aromatic N) is 1. The average Bonchev–Trinajstić information content (AvgIpc) is 1.88. The summed E-state index contributed by atoms with van der Waals surface area (Å²) < 4.78 is 1.85. The number of halogens is 1. The second-order valence-electron chi connectivity index (χ2n) is 2.05. The highest BCUT2D eigenvalue weighted by Crippen LogP contribution is 1.99. The molecule has 1 heterocycles. The fraction of sp³-hybridized carbons (Fsp3) is 0.125. The number of aromatic nitrogens is 1. The molecule has 0 aromatic carbocycles. The number of pyridine rings is 1. The maximum Gasteiger partial charge on any atom is 0.211 e. The smallest absolute Gasteiger partial charge is 0.211 e. The molecule has 11 heavy (non-hydrogen) atoms. The predicted octanol–water partition coefficient (Wildman–Crippen LogP) is -2.13. The summed E-state index contributed by atoms with van der Waals surface area (Å²) in [5.41, 5.74) is 0. The van der Waals surface area contributed by atoms with Gasteiger partial charge in [-0.25, -0.2) is 0 Å². The van der Waals surface area contributed by atoms with E-state index in [0.29, 0.717) is 0 Å². The lowest BCUT2D eigenvalue weighted by atomic mass is 10.4. The lowest BCUT2D eigenvalue weighted by Crippen LogP contribution is -3.00. The largest absolute Gasteiger partial charge is 1.00 e. The van der Waals surface area contributed by atoms with Gasteiger partial charge in [0.05, 0.1) is 0 Å². The van der Waals surface area contributed by atoms with Gasteiger partial charge >= 0.3 is 0 Å². The Morgan fingerprint density at radius 2 is 2.36 bits per heavy atom. The van der Waals surface area contributed by atoms with Gasteiger partial charge in [0.2, 0.25) is 6.20 Å². The van der Waals surface area contributed by atoms with E-state index in [9.17, 15) is 0 Å². The molecule has 0 unspecified atom stereocenters. The van der Waals surface area contributed by atoms with Crippen LogP contribution in [0.3, 0.4) is 0 Å². The third-order valence-electron chi connectivity index (χ3n) is 1.18. The molecule has 0 aliphatic heterocycles. The molecule has 2 nitrogen and oxygen atoms in total. The molecule has 0 saturated heterocycles. The number of hydrogen-bond donors (Lipinski definition) is 1.